The van der Waals surface area contributed by atoms with E-state index in [9.17, 15) is 5.11 Å². The number of aliphatic hydroxyl groups excluding tert-OH is 1. The van der Waals surface area contributed by atoms with Crippen LogP contribution in [-0.4, -0.2) is 16.3 Å². The average Bonchev–Trinajstić information content (AvgIpc) is 2.68. The molecule has 0 amide bonds. The molecule has 0 aliphatic heterocycles. The molecule has 0 saturated heterocycles. The van der Waals surface area contributed by atoms with Crippen molar-refractivity contribution < 1.29 is 5.11 Å². The first kappa shape index (κ1) is 13.8. The third-order valence-corrected chi connectivity index (χ3v) is 3.80. The van der Waals surface area contributed by atoms with E-state index in [4.69, 9.17) is 0 Å². The highest BCUT2D eigenvalue weighted by Crippen LogP contribution is 2.16. The Morgan fingerprint density at radius 2 is 1.89 bits per heavy atom. The van der Waals surface area contributed by atoms with Crippen molar-refractivity contribution in [1.82, 2.24) is 9.88 Å². The van der Waals surface area contributed by atoms with Gasteiger partial charge in [0.15, 0.2) is 0 Å². The third kappa shape index (κ3) is 3.06. The Morgan fingerprint density at radius 1 is 1.21 bits per heavy atom. The molecule has 0 aliphatic carbocycles. The van der Waals surface area contributed by atoms with Gasteiger partial charge in [-0.1, -0.05) is 30.3 Å². The highest BCUT2D eigenvalue weighted by Gasteiger charge is 2.11. The zero-order valence-corrected chi connectivity index (χ0v) is 11.9. The van der Waals surface area contributed by atoms with Crippen molar-refractivity contribution in [2.24, 2.45) is 7.05 Å². The summed E-state index contributed by atoms with van der Waals surface area (Å²) in [6, 6.07) is 12.2. The number of nitrogens with zero attached hydrogens (tertiary/aromatic N) is 1. The van der Waals surface area contributed by atoms with Crippen LogP contribution >= 0.6 is 0 Å². The van der Waals surface area contributed by atoms with E-state index in [1.807, 2.05) is 30.3 Å². The van der Waals surface area contributed by atoms with Gasteiger partial charge in [-0.05, 0) is 31.0 Å². The van der Waals surface area contributed by atoms with Crippen LogP contribution in [0.2, 0.25) is 0 Å². The smallest absolute Gasteiger partial charge is 0.0626 e. The second-order valence-corrected chi connectivity index (χ2v) is 4.98. The monoisotopic (exact) mass is 258 g/mol. The van der Waals surface area contributed by atoms with Gasteiger partial charge in [0.1, 0.15) is 0 Å². The molecule has 102 valence electrons. The van der Waals surface area contributed by atoms with Gasteiger partial charge in [0.05, 0.1) is 12.6 Å². The van der Waals surface area contributed by atoms with E-state index in [-0.39, 0.29) is 12.6 Å². The minimum atomic E-state index is -0.0129. The minimum Gasteiger partial charge on any atom is -0.394 e. The van der Waals surface area contributed by atoms with E-state index in [2.05, 4.69) is 36.8 Å². The predicted molar refractivity (Wildman–Crippen MR) is 78.0 cm³/mol. The van der Waals surface area contributed by atoms with Crippen LogP contribution < -0.4 is 5.32 Å². The van der Waals surface area contributed by atoms with E-state index in [0.717, 1.165) is 12.1 Å². The summed E-state index contributed by atoms with van der Waals surface area (Å²) >= 11 is 0. The Kier molecular flexibility index (Phi) is 4.40. The first-order chi connectivity index (χ1) is 9.13. The molecule has 1 aromatic heterocycles. The average molecular weight is 258 g/mol. The summed E-state index contributed by atoms with van der Waals surface area (Å²) in [6.07, 6.45) is 0. The van der Waals surface area contributed by atoms with Crippen molar-refractivity contribution >= 4 is 0 Å². The van der Waals surface area contributed by atoms with Gasteiger partial charge >= 0.3 is 0 Å². The molecule has 0 fully saturated rings. The molecule has 1 heterocycles. The number of aliphatic hydroxyl groups is 1. The van der Waals surface area contributed by atoms with Crippen LogP contribution in [0.4, 0.5) is 0 Å². The van der Waals surface area contributed by atoms with Crippen molar-refractivity contribution in [3.63, 3.8) is 0 Å². The van der Waals surface area contributed by atoms with Crippen molar-refractivity contribution in [1.29, 1.82) is 0 Å². The summed E-state index contributed by atoms with van der Waals surface area (Å²) in [5.41, 5.74) is 4.94. The summed E-state index contributed by atoms with van der Waals surface area (Å²) in [6.45, 7) is 5.11. The molecule has 1 unspecified atom stereocenters. The van der Waals surface area contributed by atoms with E-state index >= 15 is 0 Å². The fourth-order valence-corrected chi connectivity index (χ4v) is 2.32. The number of hydrogen-bond donors (Lipinski definition) is 2. The predicted octanol–water partition coefficient (Wildman–Crippen LogP) is 2.47. The number of aryl methyl sites for hydroxylation is 1. The molecule has 2 N–H and O–H groups in total. The maximum atomic E-state index is 9.52. The number of hydrogen-bond acceptors (Lipinski definition) is 2. The molecule has 0 radical (unpaired) electrons. The molecule has 3 nitrogen and oxygen atoms in total. The SMILES string of the molecule is Cc1cc(CNC(CO)c2ccccc2)c(C)n1C. The molecule has 3 heteroatoms. The van der Waals surface area contributed by atoms with Gasteiger partial charge in [0.2, 0.25) is 0 Å². The molecular formula is C16H22N2O. The van der Waals surface area contributed by atoms with Gasteiger partial charge in [0.25, 0.3) is 0 Å². The molecule has 19 heavy (non-hydrogen) atoms. The Morgan fingerprint density at radius 3 is 2.42 bits per heavy atom. The minimum absolute atomic E-state index is 0.0129. The molecule has 0 saturated carbocycles. The van der Waals surface area contributed by atoms with E-state index in [1.54, 1.807) is 0 Å². The second-order valence-electron chi connectivity index (χ2n) is 4.98. The van der Waals surface area contributed by atoms with Gasteiger partial charge < -0.3 is 15.0 Å². The number of benzene rings is 1. The lowest BCUT2D eigenvalue weighted by molar-refractivity contribution is 0.243. The fraction of sp³-hybridized carbons (Fsp3) is 0.375. The number of nitrogens with one attached hydrogen (secondary N) is 1. The Hall–Kier alpha value is -1.58. The Bertz CT molecular complexity index is 531. The lowest BCUT2D eigenvalue weighted by Gasteiger charge is -2.16. The summed E-state index contributed by atoms with van der Waals surface area (Å²) in [5.74, 6) is 0. The standard InChI is InChI=1S/C16H22N2O/c1-12-9-15(13(2)18(12)3)10-17-16(11-19)14-7-5-4-6-8-14/h4-9,16-17,19H,10-11H2,1-3H3. The number of rotatable bonds is 5. The summed E-state index contributed by atoms with van der Waals surface area (Å²) in [4.78, 5) is 0. The third-order valence-electron chi connectivity index (χ3n) is 3.80. The van der Waals surface area contributed by atoms with Gasteiger partial charge in [-0.3, -0.25) is 0 Å². The van der Waals surface area contributed by atoms with E-state index < -0.39 is 0 Å². The number of aromatic nitrogens is 1. The van der Waals surface area contributed by atoms with Gasteiger partial charge in [-0.2, -0.15) is 0 Å². The maximum Gasteiger partial charge on any atom is 0.0626 e. The van der Waals surface area contributed by atoms with Crippen LogP contribution in [0.5, 0.6) is 0 Å². The van der Waals surface area contributed by atoms with Crippen LogP contribution in [0.1, 0.15) is 28.6 Å². The van der Waals surface area contributed by atoms with Gasteiger partial charge in [-0.25, -0.2) is 0 Å². The van der Waals surface area contributed by atoms with Gasteiger partial charge in [-0.15, -0.1) is 0 Å². The summed E-state index contributed by atoms with van der Waals surface area (Å²) < 4.78 is 2.19. The molecule has 1 aromatic carbocycles. The van der Waals surface area contributed by atoms with Crippen molar-refractivity contribution in [3.05, 3.63) is 58.9 Å². The second kappa shape index (κ2) is 6.04. The molecule has 1 atom stereocenters. The highest BCUT2D eigenvalue weighted by atomic mass is 16.3. The van der Waals surface area contributed by atoms with Crippen molar-refractivity contribution in [3.8, 4) is 0 Å². The molecular weight excluding hydrogens is 236 g/mol. The maximum absolute atomic E-state index is 9.52. The highest BCUT2D eigenvalue weighted by molar-refractivity contribution is 5.27. The van der Waals surface area contributed by atoms with Gasteiger partial charge in [0, 0.05) is 25.0 Å². The Labute approximate surface area is 114 Å². The quantitative estimate of drug-likeness (QED) is 0.864. The molecule has 0 bridgehead atoms. The molecule has 0 aliphatic rings. The molecule has 2 rings (SSSR count). The lowest BCUT2D eigenvalue weighted by Crippen LogP contribution is -2.24. The van der Waals surface area contributed by atoms with Crippen LogP contribution in [0, 0.1) is 13.8 Å². The van der Waals surface area contributed by atoms with Crippen LogP contribution in [0.25, 0.3) is 0 Å². The van der Waals surface area contributed by atoms with Crippen LogP contribution in [-0.2, 0) is 13.6 Å². The van der Waals surface area contributed by atoms with Crippen molar-refractivity contribution in [2.45, 2.75) is 26.4 Å². The lowest BCUT2D eigenvalue weighted by atomic mass is 10.1. The van der Waals surface area contributed by atoms with Crippen molar-refractivity contribution in [2.75, 3.05) is 6.61 Å². The normalized spacial score (nSPS) is 12.6. The van der Waals surface area contributed by atoms with Crippen LogP contribution in [0.15, 0.2) is 36.4 Å². The zero-order chi connectivity index (χ0) is 13.8. The molecule has 0 spiro atoms. The topological polar surface area (TPSA) is 37.2 Å². The summed E-state index contributed by atoms with van der Waals surface area (Å²) in [7, 11) is 2.08. The Balaban J connectivity index is 2.06. The molecule has 2 aromatic rings. The zero-order valence-electron chi connectivity index (χ0n) is 11.9. The summed E-state index contributed by atoms with van der Waals surface area (Å²) in [5, 5.41) is 12.9. The first-order valence-electron chi connectivity index (χ1n) is 6.64. The van der Waals surface area contributed by atoms with E-state index in [0.29, 0.717) is 0 Å². The first-order valence-corrected chi connectivity index (χ1v) is 6.64. The fourth-order valence-electron chi connectivity index (χ4n) is 2.32. The van der Waals surface area contributed by atoms with Crippen LogP contribution in [0.3, 0.4) is 0 Å². The largest absolute Gasteiger partial charge is 0.394 e. The van der Waals surface area contributed by atoms with E-state index in [1.165, 1.54) is 17.0 Å².